The summed E-state index contributed by atoms with van der Waals surface area (Å²) in [4.78, 5) is 9.56. The average Bonchev–Trinajstić information content (AvgIpc) is 2.84. The summed E-state index contributed by atoms with van der Waals surface area (Å²) in [6.07, 6.45) is 2.94. The lowest BCUT2D eigenvalue weighted by molar-refractivity contribution is 1.26. The molecule has 0 fully saturated rings. The Morgan fingerprint density at radius 1 is 0.708 bits per heavy atom. The molecule has 24 heavy (non-hydrogen) atoms. The first-order valence-electron chi connectivity index (χ1n) is 8.17. The zero-order chi connectivity index (χ0) is 16.4. The fourth-order valence-corrected chi connectivity index (χ4v) is 2.92. The summed E-state index contributed by atoms with van der Waals surface area (Å²) in [5, 5.41) is 2.49. The van der Waals surface area contributed by atoms with Crippen LogP contribution in [0.4, 0.5) is 0 Å². The minimum atomic E-state index is 0.782. The van der Waals surface area contributed by atoms with Gasteiger partial charge < -0.3 is 0 Å². The van der Waals surface area contributed by atoms with Crippen molar-refractivity contribution in [2.75, 3.05) is 0 Å². The fourth-order valence-electron chi connectivity index (χ4n) is 2.92. The molecule has 0 atom stereocenters. The Balaban J connectivity index is 1.81. The molecule has 0 amide bonds. The van der Waals surface area contributed by atoms with Crippen molar-refractivity contribution in [1.82, 2.24) is 0 Å². The van der Waals surface area contributed by atoms with E-state index in [0.29, 0.717) is 0 Å². The molecule has 0 aliphatic carbocycles. The van der Waals surface area contributed by atoms with E-state index in [-0.39, 0.29) is 0 Å². The highest BCUT2D eigenvalue weighted by molar-refractivity contribution is 6.14. The maximum Gasteiger partial charge on any atom is 0.159 e. The SMILES string of the molecule is CC1=CCC(c2ccc3ccccc3c2)=NC(c2ccccc2)=N1. The highest BCUT2D eigenvalue weighted by atomic mass is 14.9. The number of amidine groups is 1. The Kier molecular flexibility index (Phi) is 3.80. The summed E-state index contributed by atoms with van der Waals surface area (Å²) in [5.41, 5.74) is 4.27. The van der Waals surface area contributed by atoms with E-state index in [4.69, 9.17) is 4.99 Å². The summed E-state index contributed by atoms with van der Waals surface area (Å²) in [5.74, 6) is 0.782. The van der Waals surface area contributed by atoms with E-state index in [9.17, 15) is 0 Å². The molecule has 0 saturated carbocycles. The summed E-state index contributed by atoms with van der Waals surface area (Å²) in [7, 11) is 0. The van der Waals surface area contributed by atoms with Gasteiger partial charge in [-0.3, -0.25) is 0 Å². The van der Waals surface area contributed by atoms with Gasteiger partial charge in [0.15, 0.2) is 5.84 Å². The Labute approximate surface area is 141 Å². The Bertz CT molecular complexity index is 979. The minimum Gasteiger partial charge on any atom is -0.234 e. The van der Waals surface area contributed by atoms with Crippen LogP contribution in [0.1, 0.15) is 24.5 Å². The number of rotatable bonds is 2. The predicted molar refractivity (Wildman–Crippen MR) is 102 cm³/mol. The molecule has 0 saturated heterocycles. The first kappa shape index (κ1) is 14.6. The molecule has 0 unspecified atom stereocenters. The molecule has 0 bridgehead atoms. The molecular formula is C22H18N2. The van der Waals surface area contributed by atoms with Crippen LogP contribution >= 0.6 is 0 Å². The van der Waals surface area contributed by atoms with E-state index >= 15 is 0 Å². The largest absolute Gasteiger partial charge is 0.234 e. The monoisotopic (exact) mass is 310 g/mol. The van der Waals surface area contributed by atoms with Crippen LogP contribution in [0, 0.1) is 0 Å². The summed E-state index contributed by atoms with van der Waals surface area (Å²) in [6, 6.07) is 25.1. The van der Waals surface area contributed by atoms with Gasteiger partial charge in [0.2, 0.25) is 0 Å². The molecule has 3 aromatic carbocycles. The number of allylic oxidation sites excluding steroid dienone is 2. The van der Waals surface area contributed by atoms with Crippen LogP contribution in [0.5, 0.6) is 0 Å². The van der Waals surface area contributed by atoms with Crippen LogP contribution in [-0.2, 0) is 0 Å². The van der Waals surface area contributed by atoms with Gasteiger partial charge >= 0.3 is 0 Å². The van der Waals surface area contributed by atoms with Gasteiger partial charge in [-0.05, 0) is 29.3 Å². The van der Waals surface area contributed by atoms with Gasteiger partial charge in [-0.15, -0.1) is 0 Å². The second-order valence-corrected chi connectivity index (χ2v) is 5.97. The molecule has 1 heterocycles. The van der Waals surface area contributed by atoms with Crippen LogP contribution in [0.15, 0.2) is 94.6 Å². The zero-order valence-electron chi connectivity index (χ0n) is 13.6. The Morgan fingerprint density at radius 3 is 2.29 bits per heavy atom. The topological polar surface area (TPSA) is 24.7 Å². The lowest BCUT2D eigenvalue weighted by Gasteiger charge is -2.07. The van der Waals surface area contributed by atoms with Crippen LogP contribution < -0.4 is 0 Å². The van der Waals surface area contributed by atoms with E-state index in [1.54, 1.807) is 0 Å². The maximum absolute atomic E-state index is 4.89. The summed E-state index contributed by atoms with van der Waals surface area (Å²) >= 11 is 0. The lowest BCUT2D eigenvalue weighted by Crippen LogP contribution is -2.04. The van der Waals surface area contributed by atoms with E-state index in [1.165, 1.54) is 10.8 Å². The number of hydrogen-bond donors (Lipinski definition) is 0. The van der Waals surface area contributed by atoms with Gasteiger partial charge in [-0.25, -0.2) is 9.98 Å². The van der Waals surface area contributed by atoms with Crippen molar-refractivity contribution in [1.29, 1.82) is 0 Å². The number of benzene rings is 3. The zero-order valence-corrected chi connectivity index (χ0v) is 13.6. The molecular weight excluding hydrogens is 292 g/mol. The number of fused-ring (bicyclic) bond motifs is 1. The highest BCUT2D eigenvalue weighted by Crippen LogP contribution is 2.20. The van der Waals surface area contributed by atoms with E-state index in [2.05, 4.69) is 65.7 Å². The van der Waals surface area contributed by atoms with Crippen LogP contribution in [0.25, 0.3) is 10.8 Å². The fraction of sp³-hybridized carbons (Fsp3) is 0.0909. The molecule has 2 heteroatoms. The smallest absolute Gasteiger partial charge is 0.159 e. The summed E-state index contributed by atoms with van der Waals surface area (Å²) < 4.78 is 0. The van der Waals surface area contributed by atoms with Gasteiger partial charge in [-0.2, -0.15) is 0 Å². The molecule has 4 rings (SSSR count). The molecule has 0 spiro atoms. The number of hydrogen-bond acceptors (Lipinski definition) is 2. The van der Waals surface area contributed by atoms with Gasteiger partial charge in [-0.1, -0.05) is 72.8 Å². The van der Waals surface area contributed by atoms with Crippen molar-refractivity contribution in [3.63, 3.8) is 0 Å². The number of aliphatic imine (C=N–C) groups is 2. The molecule has 1 aliphatic rings. The quantitative estimate of drug-likeness (QED) is 0.607. The minimum absolute atomic E-state index is 0.782. The first-order valence-corrected chi connectivity index (χ1v) is 8.17. The van der Waals surface area contributed by atoms with Crippen molar-refractivity contribution in [2.45, 2.75) is 13.3 Å². The van der Waals surface area contributed by atoms with Crippen molar-refractivity contribution in [2.24, 2.45) is 9.98 Å². The van der Waals surface area contributed by atoms with E-state index < -0.39 is 0 Å². The standard InChI is InChI=1S/C22H18N2/c1-16-11-14-21(24-22(23-16)18-8-3-2-4-9-18)20-13-12-17-7-5-6-10-19(17)15-20/h2-13,15H,14H2,1H3. The Morgan fingerprint density at radius 2 is 1.46 bits per heavy atom. The molecule has 2 nitrogen and oxygen atoms in total. The molecule has 0 N–H and O–H groups in total. The van der Waals surface area contributed by atoms with Gasteiger partial charge in [0, 0.05) is 17.7 Å². The maximum atomic E-state index is 4.89. The normalized spacial score (nSPS) is 14.6. The van der Waals surface area contributed by atoms with Gasteiger partial charge in [0.1, 0.15) is 0 Å². The highest BCUT2D eigenvalue weighted by Gasteiger charge is 2.11. The van der Waals surface area contributed by atoms with Crippen molar-refractivity contribution in [3.8, 4) is 0 Å². The van der Waals surface area contributed by atoms with Crippen LogP contribution in [0.3, 0.4) is 0 Å². The third-order valence-electron chi connectivity index (χ3n) is 4.23. The predicted octanol–water partition coefficient (Wildman–Crippen LogP) is 5.38. The molecule has 0 aromatic heterocycles. The van der Waals surface area contributed by atoms with Crippen molar-refractivity contribution >= 4 is 22.3 Å². The van der Waals surface area contributed by atoms with Crippen molar-refractivity contribution in [3.05, 3.63) is 95.7 Å². The van der Waals surface area contributed by atoms with Crippen molar-refractivity contribution < 1.29 is 0 Å². The third-order valence-corrected chi connectivity index (χ3v) is 4.23. The molecule has 116 valence electrons. The summed E-state index contributed by atoms with van der Waals surface area (Å²) in [6.45, 7) is 2.03. The molecule has 0 radical (unpaired) electrons. The average molecular weight is 310 g/mol. The van der Waals surface area contributed by atoms with E-state index in [1.807, 2.05) is 25.1 Å². The first-order chi connectivity index (χ1) is 11.8. The lowest BCUT2D eigenvalue weighted by atomic mass is 10.0. The van der Waals surface area contributed by atoms with E-state index in [0.717, 1.165) is 34.8 Å². The van der Waals surface area contributed by atoms with Crippen LogP contribution in [0.2, 0.25) is 0 Å². The molecule has 1 aliphatic heterocycles. The third kappa shape index (κ3) is 2.91. The van der Waals surface area contributed by atoms with Crippen LogP contribution in [-0.4, -0.2) is 11.5 Å². The molecule has 3 aromatic rings. The second kappa shape index (κ2) is 6.25. The van der Waals surface area contributed by atoms with Gasteiger partial charge in [0.25, 0.3) is 0 Å². The second-order valence-electron chi connectivity index (χ2n) is 5.97. The number of nitrogens with zero attached hydrogens (tertiary/aromatic N) is 2. The Hall–Kier alpha value is -3.00. The van der Waals surface area contributed by atoms with Gasteiger partial charge in [0.05, 0.1) is 5.71 Å².